The van der Waals surface area contributed by atoms with Crippen LogP contribution in [0.5, 0.6) is 0 Å². The van der Waals surface area contributed by atoms with Crippen molar-refractivity contribution in [2.45, 2.75) is 6.42 Å². The fraction of sp³-hybridized carbons (Fsp3) is 0.0625. The second-order valence-electron chi connectivity index (χ2n) is 4.23. The van der Waals surface area contributed by atoms with Gasteiger partial charge >= 0.3 is 0 Å². The van der Waals surface area contributed by atoms with Gasteiger partial charge in [-0.2, -0.15) is 4.99 Å². The minimum atomic E-state index is 0.658. The lowest BCUT2D eigenvalue weighted by Gasteiger charge is -2.05. The molecule has 3 rings (SSSR count). The van der Waals surface area contributed by atoms with Gasteiger partial charge in [0.1, 0.15) is 0 Å². The van der Waals surface area contributed by atoms with Crippen LogP contribution in [-0.4, -0.2) is 6.08 Å². The van der Waals surface area contributed by atoms with Crippen molar-refractivity contribution in [1.29, 1.82) is 0 Å². The van der Waals surface area contributed by atoms with E-state index in [2.05, 4.69) is 35.3 Å². The van der Waals surface area contributed by atoms with E-state index >= 15 is 0 Å². The Kier molecular flexibility index (Phi) is 2.64. The van der Waals surface area contributed by atoms with Gasteiger partial charge in [0, 0.05) is 5.56 Å². The number of para-hydroxylation sites is 1. The molecular weight excluding hydrogens is 222 g/mol. The predicted octanol–water partition coefficient (Wildman–Crippen LogP) is 4.11. The van der Waals surface area contributed by atoms with Crippen LogP contribution >= 0.6 is 0 Å². The van der Waals surface area contributed by atoms with Crippen molar-refractivity contribution < 1.29 is 4.79 Å². The molecule has 0 atom stereocenters. The molecule has 86 valence electrons. The molecule has 2 heteroatoms. The van der Waals surface area contributed by atoms with Crippen molar-refractivity contribution in [3.63, 3.8) is 0 Å². The van der Waals surface area contributed by atoms with E-state index in [1.807, 2.05) is 24.3 Å². The predicted molar refractivity (Wildman–Crippen MR) is 72.3 cm³/mol. The summed E-state index contributed by atoms with van der Waals surface area (Å²) in [5, 5.41) is 0. The number of nitrogens with zero attached hydrogens (tertiary/aromatic N) is 1. The Labute approximate surface area is 105 Å². The van der Waals surface area contributed by atoms with Crippen LogP contribution in [0.1, 0.15) is 12.0 Å². The minimum absolute atomic E-state index is 0.658. The molecule has 2 aromatic carbocycles. The maximum atomic E-state index is 10.4. The van der Waals surface area contributed by atoms with E-state index in [0.717, 1.165) is 17.5 Å². The van der Waals surface area contributed by atoms with Gasteiger partial charge in [-0.3, -0.25) is 0 Å². The number of isocyanates is 1. The molecule has 1 aliphatic rings. The molecule has 2 nitrogen and oxygen atoms in total. The Hall–Kier alpha value is -2.44. The molecule has 0 amide bonds. The Balaban J connectivity index is 2.03. The van der Waals surface area contributed by atoms with Crippen molar-refractivity contribution in [3.05, 3.63) is 60.2 Å². The fourth-order valence-electron chi connectivity index (χ4n) is 2.02. The molecule has 0 saturated heterocycles. The highest BCUT2D eigenvalue weighted by Gasteiger charge is 2.10. The summed E-state index contributed by atoms with van der Waals surface area (Å²) in [7, 11) is 0. The second kappa shape index (κ2) is 4.44. The van der Waals surface area contributed by atoms with E-state index < -0.39 is 0 Å². The van der Waals surface area contributed by atoms with Crippen LogP contribution < -0.4 is 0 Å². The van der Waals surface area contributed by atoms with Crippen LogP contribution in [0.25, 0.3) is 16.7 Å². The molecule has 0 radical (unpaired) electrons. The lowest BCUT2D eigenvalue weighted by atomic mass is 10.0. The Morgan fingerprint density at radius 2 is 1.61 bits per heavy atom. The van der Waals surface area contributed by atoms with Gasteiger partial charge in [0.25, 0.3) is 0 Å². The monoisotopic (exact) mass is 233 g/mol. The van der Waals surface area contributed by atoms with Crippen molar-refractivity contribution in [2.24, 2.45) is 4.99 Å². The number of carbonyl (C=O) groups excluding carboxylic acids is 1. The van der Waals surface area contributed by atoms with Gasteiger partial charge in [0.05, 0.1) is 5.69 Å². The first-order valence-electron chi connectivity index (χ1n) is 5.85. The molecule has 0 N–H and O–H groups in total. The van der Waals surface area contributed by atoms with Gasteiger partial charge in [-0.1, -0.05) is 48.5 Å². The molecule has 0 aliphatic heterocycles. The summed E-state index contributed by atoms with van der Waals surface area (Å²) in [6.07, 6.45) is 4.91. The summed E-state index contributed by atoms with van der Waals surface area (Å²) in [5.74, 6) is 0. The molecule has 0 spiro atoms. The van der Waals surface area contributed by atoms with E-state index in [1.165, 1.54) is 11.1 Å². The average Bonchev–Trinajstić information content (AvgIpc) is 3.25. The molecule has 18 heavy (non-hydrogen) atoms. The molecule has 1 aliphatic carbocycles. The summed E-state index contributed by atoms with van der Waals surface area (Å²) in [6, 6.07) is 15.9. The SMILES string of the molecule is O=C=Nc1ccccc1-c1ccc(C2=CC2)cc1. The molecule has 0 saturated carbocycles. The zero-order valence-corrected chi connectivity index (χ0v) is 9.76. The zero-order chi connectivity index (χ0) is 12.4. The first kappa shape index (κ1) is 10.7. The summed E-state index contributed by atoms with van der Waals surface area (Å²) in [5.41, 5.74) is 5.36. The second-order valence-corrected chi connectivity index (χ2v) is 4.23. The largest absolute Gasteiger partial charge is 0.240 e. The lowest BCUT2D eigenvalue weighted by Crippen LogP contribution is -1.80. The number of aliphatic imine (C=N–C) groups is 1. The number of allylic oxidation sites excluding steroid dienone is 2. The fourth-order valence-corrected chi connectivity index (χ4v) is 2.02. The van der Waals surface area contributed by atoms with E-state index in [-0.39, 0.29) is 0 Å². The molecule has 0 bridgehead atoms. The van der Waals surface area contributed by atoms with Crippen molar-refractivity contribution >= 4 is 17.3 Å². The Morgan fingerprint density at radius 3 is 2.28 bits per heavy atom. The standard InChI is InChI=1S/C16H11NO/c18-11-17-16-4-2-1-3-15(16)14-9-7-13(8-10-14)12-5-6-12/h1-5,7-10H,6H2. The summed E-state index contributed by atoms with van der Waals surface area (Å²) in [4.78, 5) is 14.1. The lowest BCUT2D eigenvalue weighted by molar-refractivity contribution is 0.565. The highest BCUT2D eigenvalue weighted by Crippen LogP contribution is 2.34. The normalized spacial score (nSPS) is 12.6. The van der Waals surface area contributed by atoms with Crippen molar-refractivity contribution in [3.8, 4) is 11.1 Å². The molecule has 0 unspecified atom stereocenters. The van der Waals surface area contributed by atoms with Gasteiger partial charge in [-0.25, -0.2) is 4.79 Å². The van der Waals surface area contributed by atoms with Crippen LogP contribution in [0.15, 0.2) is 59.6 Å². The number of rotatable bonds is 3. The van der Waals surface area contributed by atoms with Gasteiger partial charge in [0.15, 0.2) is 0 Å². The van der Waals surface area contributed by atoms with Crippen molar-refractivity contribution in [2.75, 3.05) is 0 Å². The summed E-state index contributed by atoms with van der Waals surface area (Å²) < 4.78 is 0. The van der Waals surface area contributed by atoms with Crippen LogP contribution in [0, 0.1) is 0 Å². The molecule has 0 heterocycles. The highest BCUT2D eigenvalue weighted by atomic mass is 16.1. The average molecular weight is 233 g/mol. The van der Waals surface area contributed by atoms with E-state index in [0.29, 0.717) is 5.69 Å². The van der Waals surface area contributed by atoms with Gasteiger partial charge < -0.3 is 0 Å². The number of hydrogen-bond donors (Lipinski definition) is 0. The third kappa shape index (κ3) is 2.02. The van der Waals surface area contributed by atoms with E-state index in [9.17, 15) is 4.79 Å². The molecule has 0 fully saturated rings. The quantitative estimate of drug-likeness (QED) is 0.579. The minimum Gasteiger partial charge on any atom is -0.211 e. The molecular formula is C16H11NO. The van der Waals surface area contributed by atoms with Crippen LogP contribution in [0.4, 0.5) is 5.69 Å². The molecule has 2 aromatic rings. The Bertz CT molecular complexity index is 662. The Morgan fingerprint density at radius 1 is 0.944 bits per heavy atom. The van der Waals surface area contributed by atoms with Crippen LogP contribution in [0.2, 0.25) is 0 Å². The number of benzene rings is 2. The third-order valence-electron chi connectivity index (χ3n) is 3.05. The first-order valence-corrected chi connectivity index (χ1v) is 5.85. The van der Waals surface area contributed by atoms with E-state index in [4.69, 9.17) is 0 Å². The summed E-state index contributed by atoms with van der Waals surface area (Å²) >= 11 is 0. The first-order chi connectivity index (χ1) is 8.88. The van der Waals surface area contributed by atoms with Crippen molar-refractivity contribution in [1.82, 2.24) is 0 Å². The maximum Gasteiger partial charge on any atom is 0.240 e. The van der Waals surface area contributed by atoms with Gasteiger partial charge in [0.2, 0.25) is 6.08 Å². The maximum absolute atomic E-state index is 10.4. The molecule has 0 aromatic heterocycles. The van der Waals surface area contributed by atoms with E-state index in [1.54, 1.807) is 6.08 Å². The summed E-state index contributed by atoms with van der Waals surface area (Å²) in [6.45, 7) is 0. The zero-order valence-electron chi connectivity index (χ0n) is 9.76. The smallest absolute Gasteiger partial charge is 0.211 e. The van der Waals surface area contributed by atoms with Gasteiger partial charge in [-0.15, -0.1) is 0 Å². The number of hydrogen-bond acceptors (Lipinski definition) is 2. The highest BCUT2D eigenvalue weighted by molar-refractivity contribution is 5.81. The van der Waals surface area contributed by atoms with Gasteiger partial charge in [-0.05, 0) is 29.2 Å². The van der Waals surface area contributed by atoms with Crippen LogP contribution in [-0.2, 0) is 4.79 Å². The van der Waals surface area contributed by atoms with Crippen LogP contribution in [0.3, 0.4) is 0 Å². The topological polar surface area (TPSA) is 29.4 Å². The third-order valence-corrected chi connectivity index (χ3v) is 3.05.